The Bertz CT molecular complexity index is 1500. The number of esters is 2. The second-order valence-corrected chi connectivity index (χ2v) is 10.7. The minimum atomic E-state index is -5.30. The molecule has 3 aromatic rings. The highest BCUT2D eigenvalue weighted by Gasteiger charge is 2.43. The van der Waals surface area contributed by atoms with Crippen LogP contribution in [0.5, 0.6) is 0 Å². The Balaban J connectivity index is 1.31. The average Bonchev–Trinajstić information content (AvgIpc) is 3.00. The molecule has 2 aromatic carbocycles. The van der Waals surface area contributed by atoms with Crippen LogP contribution >= 0.6 is 0 Å². The molecule has 13 heteroatoms. The van der Waals surface area contributed by atoms with Crippen LogP contribution in [0.15, 0.2) is 60.8 Å². The molecule has 9 nitrogen and oxygen atoms in total. The van der Waals surface area contributed by atoms with Gasteiger partial charge in [-0.05, 0) is 79.6 Å². The molecule has 2 atom stereocenters. The molecule has 240 valence electrons. The number of primary amides is 1. The first-order chi connectivity index (χ1) is 21.4. The van der Waals surface area contributed by atoms with E-state index in [1.54, 1.807) is 30.5 Å². The van der Waals surface area contributed by atoms with Crippen molar-refractivity contribution < 1.29 is 46.2 Å². The predicted molar refractivity (Wildman–Crippen MR) is 154 cm³/mol. The van der Waals surface area contributed by atoms with Crippen molar-refractivity contribution in [2.45, 2.75) is 64.1 Å². The summed E-state index contributed by atoms with van der Waals surface area (Å²) in [5, 5.41) is 0. The van der Waals surface area contributed by atoms with Gasteiger partial charge in [0.05, 0.1) is 36.7 Å². The van der Waals surface area contributed by atoms with Crippen LogP contribution < -0.4 is 5.73 Å². The second kappa shape index (κ2) is 15.1. The number of benzene rings is 2. The molecular weight excluding hydrogens is 598 g/mol. The van der Waals surface area contributed by atoms with Gasteiger partial charge in [0.15, 0.2) is 0 Å². The number of amides is 2. The summed E-state index contributed by atoms with van der Waals surface area (Å²) in [4.78, 5) is 41.7. The third-order valence-electron chi connectivity index (χ3n) is 7.43. The first kappa shape index (κ1) is 33.5. The quantitative estimate of drug-likeness (QED) is 0.160. The number of carbonyl (C=O) groups is 3. The zero-order valence-electron chi connectivity index (χ0n) is 24.5. The van der Waals surface area contributed by atoms with Crippen LogP contribution in [-0.4, -0.2) is 59.4 Å². The average molecular weight is 632 g/mol. The van der Waals surface area contributed by atoms with E-state index >= 15 is 0 Å². The van der Waals surface area contributed by atoms with E-state index in [0.717, 1.165) is 18.4 Å². The molecule has 0 radical (unpaired) electrons. The van der Waals surface area contributed by atoms with Gasteiger partial charge in [-0.3, -0.25) is 4.98 Å². The first-order valence-electron chi connectivity index (χ1n) is 14.3. The highest BCUT2D eigenvalue weighted by Crippen LogP contribution is 2.27. The maximum atomic E-state index is 13.4. The lowest BCUT2D eigenvalue weighted by atomic mass is 9.94. The maximum Gasteiger partial charge on any atom is 0.491 e. The fraction of sp³-hybridized carbons (Fsp3) is 0.375. The number of rotatable bonds is 11. The summed E-state index contributed by atoms with van der Waals surface area (Å²) in [5.41, 5.74) is 8.18. The molecule has 0 aliphatic heterocycles. The summed E-state index contributed by atoms with van der Waals surface area (Å²) < 4.78 is 67.4. The van der Waals surface area contributed by atoms with Crippen molar-refractivity contribution in [1.29, 1.82) is 0 Å². The topological polar surface area (TPSA) is 121 Å². The van der Waals surface area contributed by atoms with Crippen molar-refractivity contribution in [2.75, 3.05) is 13.2 Å². The largest absolute Gasteiger partial charge is 0.491 e. The van der Waals surface area contributed by atoms with Gasteiger partial charge in [-0.2, -0.15) is 13.2 Å². The number of halogens is 4. The summed E-state index contributed by atoms with van der Waals surface area (Å²) in [5.74, 6) is -4.35. The lowest BCUT2D eigenvalue weighted by Gasteiger charge is -2.30. The molecule has 1 aliphatic rings. The maximum absolute atomic E-state index is 13.4. The Morgan fingerprint density at radius 1 is 0.978 bits per heavy atom. The van der Waals surface area contributed by atoms with Crippen LogP contribution in [0.25, 0.3) is 11.3 Å². The van der Waals surface area contributed by atoms with E-state index in [1.165, 1.54) is 36.1 Å². The highest BCUT2D eigenvalue weighted by molar-refractivity contribution is 6.00. The van der Waals surface area contributed by atoms with Gasteiger partial charge in [-0.25, -0.2) is 18.8 Å². The Hall–Kier alpha value is -4.36. The van der Waals surface area contributed by atoms with Gasteiger partial charge in [0, 0.05) is 24.8 Å². The van der Waals surface area contributed by atoms with E-state index in [-0.39, 0.29) is 49.9 Å². The van der Waals surface area contributed by atoms with Crippen LogP contribution in [0.1, 0.15) is 52.7 Å². The van der Waals surface area contributed by atoms with E-state index in [2.05, 4.69) is 9.72 Å². The van der Waals surface area contributed by atoms with Crippen molar-refractivity contribution >= 4 is 18.0 Å². The zero-order valence-corrected chi connectivity index (χ0v) is 24.5. The third-order valence-corrected chi connectivity index (χ3v) is 7.43. The molecule has 45 heavy (non-hydrogen) atoms. The van der Waals surface area contributed by atoms with Gasteiger partial charge >= 0.3 is 24.1 Å². The number of ether oxygens (including phenoxy) is 3. The monoisotopic (exact) mass is 631 g/mol. The molecule has 2 N–H and O–H groups in total. The van der Waals surface area contributed by atoms with E-state index in [0.29, 0.717) is 35.2 Å². The number of nitrogens with two attached hydrogens (primary N) is 1. The summed E-state index contributed by atoms with van der Waals surface area (Å²) in [6, 6.07) is 13.5. The van der Waals surface area contributed by atoms with E-state index in [4.69, 9.17) is 15.2 Å². The summed E-state index contributed by atoms with van der Waals surface area (Å²) in [6.07, 6.45) is -1.36. The van der Waals surface area contributed by atoms with Crippen LogP contribution in [0, 0.1) is 12.7 Å². The fourth-order valence-electron chi connectivity index (χ4n) is 5.18. The number of urea groups is 1. The lowest BCUT2D eigenvalue weighted by molar-refractivity contribution is -0.193. The van der Waals surface area contributed by atoms with Crippen molar-refractivity contribution in [3.05, 3.63) is 88.9 Å². The standard InChI is InChI=1S/C32H33F4N3O6/c1-20-5-2-6-23(27(20)29(40)45-30(41)32(34,35)36)19-44-26-9-3-8-25(17-26)43-16-15-39(31(37)42)18-22-7-4-14-38-28(22)21-10-12-24(33)13-11-21/h2,4-7,10-14,25-26H,3,8-9,15-19H2,1H3,(H2,37,42). The molecule has 0 saturated heterocycles. The van der Waals surface area contributed by atoms with Crippen LogP contribution in [-0.2, 0) is 32.2 Å². The number of hydrogen-bond acceptors (Lipinski definition) is 7. The number of carbonyl (C=O) groups excluding carboxylic acids is 3. The molecular formula is C32H33F4N3O6. The van der Waals surface area contributed by atoms with Crippen LogP contribution in [0.4, 0.5) is 22.4 Å². The van der Waals surface area contributed by atoms with Crippen molar-refractivity contribution in [3.63, 3.8) is 0 Å². The molecule has 1 fully saturated rings. The third kappa shape index (κ3) is 9.32. The second-order valence-electron chi connectivity index (χ2n) is 10.7. The molecule has 1 aliphatic carbocycles. The van der Waals surface area contributed by atoms with E-state index in [9.17, 15) is 31.9 Å². The van der Waals surface area contributed by atoms with Gasteiger partial charge in [-0.1, -0.05) is 24.3 Å². The molecule has 1 saturated carbocycles. The number of pyridine rings is 1. The number of aryl methyl sites for hydroxylation is 1. The SMILES string of the molecule is Cc1cccc(COC2CCCC(OCCN(Cc3cccnc3-c3ccc(F)cc3)C(N)=O)C2)c1C(=O)OC(=O)C(F)(F)F. The number of alkyl halides is 3. The molecule has 1 aromatic heterocycles. The minimum Gasteiger partial charge on any atom is -0.383 e. The molecule has 0 bridgehead atoms. The Morgan fingerprint density at radius 2 is 1.67 bits per heavy atom. The molecule has 2 amide bonds. The van der Waals surface area contributed by atoms with Crippen LogP contribution in [0.3, 0.4) is 0 Å². The smallest absolute Gasteiger partial charge is 0.383 e. The van der Waals surface area contributed by atoms with Crippen molar-refractivity contribution in [2.24, 2.45) is 5.73 Å². The predicted octanol–water partition coefficient (Wildman–Crippen LogP) is 5.87. The van der Waals surface area contributed by atoms with Crippen molar-refractivity contribution in [3.8, 4) is 11.3 Å². The summed E-state index contributed by atoms with van der Waals surface area (Å²) in [6.45, 7) is 2.02. The zero-order chi connectivity index (χ0) is 32.6. The van der Waals surface area contributed by atoms with E-state index < -0.39 is 24.1 Å². The van der Waals surface area contributed by atoms with Gasteiger partial charge in [0.1, 0.15) is 5.82 Å². The number of aromatic nitrogens is 1. The highest BCUT2D eigenvalue weighted by atomic mass is 19.4. The van der Waals surface area contributed by atoms with Gasteiger partial charge in [0.2, 0.25) is 0 Å². The van der Waals surface area contributed by atoms with Gasteiger partial charge in [-0.15, -0.1) is 0 Å². The van der Waals surface area contributed by atoms with Crippen molar-refractivity contribution in [1.82, 2.24) is 9.88 Å². The minimum absolute atomic E-state index is 0.0827. The molecule has 4 rings (SSSR count). The molecule has 0 spiro atoms. The van der Waals surface area contributed by atoms with Gasteiger partial charge < -0.3 is 24.8 Å². The van der Waals surface area contributed by atoms with Gasteiger partial charge in [0.25, 0.3) is 0 Å². The first-order valence-corrected chi connectivity index (χ1v) is 14.3. The molecule has 2 unspecified atom stereocenters. The normalized spacial score (nSPS) is 16.6. The van der Waals surface area contributed by atoms with Crippen LogP contribution in [0.2, 0.25) is 0 Å². The summed E-state index contributed by atoms with van der Waals surface area (Å²) >= 11 is 0. The fourth-order valence-corrected chi connectivity index (χ4v) is 5.18. The Labute approximate surface area is 257 Å². The van der Waals surface area contributed by atoms with E-state index in [1.807, 2.05) is 6.07 Å². The summed E-state index contributed by atoms with van der Waals surface area (Å²) in [7, 11) is 0. The molecule has 1 heterocycles. The lowest BCUT2D eigenvalue weighted by Crippen LogP contribution is -2.39. The Morgan fingerprint density at radius 3 is 2.36 bits per heavy atom. The Kier molecular flexibility index (Phi) is 11.2. The number of nitrogens with zero attached hydrogens (tertiary/aromatic N) is 2. The number of hydrogen-bond donors (Lipinski definition) is 1.